The summed E-state index contributed by atoms with van der Waals surface area (Å²) in [5.41, 5.74) is 1.17. The minimum Gasteiger partial charge on any atom is -0.346 e. The van der Waals surface area contributed by atoms with Gasteiger partial charge < -0.3 is 15.2 Å². The number of nitrogens with zero attached hydrogens (tertiary/aromatic N) is 3. The first-order valence-electron chi connectivity index (χ1n) is 9.62. The molecular formula is C22H16Cl2F3N5O. The Hall–Kier alpha value is -3.30. The summed E-state index contributed by atoms with van der Waals surface area (Å²) in [6, 6.07) is 13.6. The lowest BCUT2D eigenvalue weighted by atomic mass is 10.2. The van der Waals surface area contributed by atoms with Crippen molar-refractivity contribution in [3.63, 3.8) is 0 Å². The first-order chi connectivity index (χ1) is 15.6. The molecule has 0 atom stereocenters. The molecule has 0 unspecified atom stereocenters. The van der Waals surface area contributed by atoms with Crippen molar-refractivity contribution in [2.24, 2.45) is 7.05 Å². The van der Waals surface area contributed by atoms with Gasteiger partial charge in [0, 0.05) is 12.6 Å². The molecule has 0 aliphatic rings. The second kappa shape index (κ2) is 8.92. The number of halogens is 5. The predicted molar refractivity (Wildman–Crippen MR) is 121 cm³/mol. The van der Waals surface area contributed by atoms with E-state index in [1.807, 2.05) is 0 Å². The SMILES string of the molecule is Cn1c(Nc2c(Cl)cccc2Cl)nc2cc(C(=O)NCc3cccc(C(F)(F)F)n3)ccc21. The maximum absolute atomic E-state index is 12.8. The number of pyridine rings is 1. The van der Waals surface area contributed by atoms with Gasteiger partial charge >= 0.3 is 6.18 Å². The van der Waals surface area contributed by atoms with Crippen LogP contribution in [0.25, 0.3) is 11.0 Å². The quantitative estimate of drug-likeness (QED) is 0.359. The Bertz CT molecular complexity index is 1330. The molecular weight excluding hydrogens is 478 g/mol. The van der Waals surface area contributed by atoms with Gasteiger partial charge in [-0.2, -0.15) is 13.2 Å². The number of amides is 1. The lowest BCUT2D eigenvalue weighted by Crippen LogP contribution is -2.23. The molecule has 33 heavy (non-hydrogen) atoms. The standard InChI is InChI=1S/C22H16Cl2F3N5O/c1-32-17-9-8-12(20(33)28-11-13-4-2-7-18(29-13)22(25,26)27)10-16(17)30-21(32)31-19-14(23)5-3-6-15(19)24/h2-10H,11H2,1H3,(H,28,33)(H,30,31). The van der Waals surface area contributed by atoms with Crippen LogP contribution in [-0.4, -0.2) is 20.4 Å². The normalized spacial score (nSPS) is 11.6. The number of aryl methyl sites for hydroxylation is 1. The van der Waals surface area contributed by atoms with Crippen LogP contribution in [0.15, 0.2) is 54.6 Å². The van der Waals surface area contributed by atoms with Gasteiger partial charge in [-0.1, -0.05) is 35.3 Å². The molecule has 2 N–H and O–H groups in total. The maximum Gasteiger partial charge on any atom is 0.433 e. The Labute approximate surface area is 196 Å². The van der Waals surface area contributed by atoms with Crippen molar-refractivity contribution in [2.45, 2.75) is 12.7 Å². The van der Waals surface area contributed by atoms with Crippen molar-refractivity contribution in [1.29, 1.82) is 0 Å². The summed E-state index contributed by atoms with van der Waals surface area (Å²) in [5.74, 6) is -0.00357. The van der Waals surface area contributed by atoms with E-state index in [0.29, 0.717) is 32.8 Å². The minimum absolute atomic E-state index is 0.0974. The third-order valence-electron chi connectivity index (χ3n) is 4.87. The van der Waals surface area contributed by atoms with E-state index in [2.05, 4.69) is 20.6 Å². The zero-order valence-electron chi connectivity index (χ0n) is 17.0. The Balaban J connectivity index is 1.53. The number of aromatic nitrogens is 3. The number of alkyl halides is 3. The fourth-order valence-corrected chi connectivity index (χ4v) is 3.68. The first kappa shape index (κ1) is 22.9. The van der Waals surface area contributed by atoms with Crippen LogP contribution < -0.4 is 10.6 Å². The van der Waals surface area contributed by atoms with E-state index in [1.165, 1.54) is 12.1 Å². The number of carbonyl (C=O) groups excluding carboxylic acids is 1. The first-order valence-corrected chi connectivity index (χ1v) is 10.4. The van der Waals surface area contributed by atoms with Crippen LogP contribution >= 0.6 is 23.2 Å². The largest absolute Gasteiger partial charge is 0.433 e. The summed E-state index contributed by atoms with van der Waals surface area (Å²) in [5, 5.41) is 6.54. The highest BCUT2D eigenvalue weighted by Crippen LogP contribution is 2.33. The summed E-state index contributed by atoms with van der Waals surface area (Å²) in [4.78, 5) is 20.6. The van der Waals surface area contributed by atoms with Gasteiger partial charge in [0.1, 0.15) is 5.69 Å². The third-order valence-corrected chi connectivity index (χ3v) is 5.50. The highest BCUT2D eigenvalue weighted by molar-refractivity contribution is 6.39. The van der Waals surface area contributed by atoms with Crippen LogP contribution in [0, 0.1) is 0 Å². The highest BCUT2D eigenvalue weighted by Gasteiger charge is 2.32. The molecule has 170 valence electrons. The van der Waals surface area contributed by atoms with E-state index in [0.717, 1.165) is 11.6 Å². The van der Waals surface area contributed by atoms with Crippen molar-refractivity contribution in [3.05, 3.63) is 81.6 Å². The van der Waals surface area contributed by atoms with Gasteiger partial charge in [0.25, 0.3) is 5.91 Å². The molecule has 4 rings (SSSR count). The number of anilines is 2. The highest BCUT2D eigenvalue weighted by atomic mass is 35.5. The Morgan fingerprint density at radius 3 is 2.42 bits per heavy atom. The van der Waals surface area contributed by atoms with Crippen LogP contribution in [-0.2, 0) is 19.8 Å². The molecule has 0 spiro atoms. The average molecular weight is 494 g/mol. The van der Waals surface area contributed by atoms with Gasteiger partial charge in [0.2, 0.25) is 5.95 Å². The van der Waals surface area contributed by atoms with Crippen LogP contribution in [0.4, 0.5) is 24.8 Å². The number of hydrogen-bond donors (Lipinski definition) is 2. The van der Waals surface area contributed by atoms with E-state index >= 15 is 0 Å². The van der Waals surface area contributed by atoms with Crippen molar-refractivity contribution >= 4 is 51.8 Å². The summed E-state index contributed by atoms with van der Waals surface area (Å²) >= 11 is 12.4. The second-order valence-corrected chi connectivity index (χ2v) is 7.93. The molecule has 2 aromatic heterocycles. The Morgan fingerprint density at radius 2 is 1.73 bits per heavy atom. The Morgan fingerprint density at radius 1 is 1.03 bits per heavy atom. The zero-order valence-corrected chi connectivity index (χ0v) is 18.6. The molecule has 0 radical (unpaired) electrons. The molecule has 4 aromatic rings. The van der Waals surface area contributed by atoms with E-state index in [9.17, 15) is 18.0 Å². The maximum atomic E-state index is 12.8. The average Bonchev–Trinajstić information content (AvgIpc) is 3.09. The number of carbonyl (C=O) groups is 1. The minimum atomic E-state index is -4.55. The number of fused-ring (bicyclic) bond motifs is 1. The molecule has 0 fully saturated rings. The van der Waals surface area contributed by atoms with Crippen molar-refractivity contribution in [3.8, 4) is 0 Å². The lowest BCUT2D eigenvalue weighted by Gasteiger charge is -2.09. The van der Waals surface area contributed by atoms with Crippen LogP contribution in [0.3, 0.4) is 0 Å². The molecule has 0 aliphatic carbocycles. The molecule has 1 amide bonds. The van der Waals surface area contributed by atoms with Gasteiger partial charge in [-0.25, -0.2) is 9.97 Å². The third kappa shape index (κ3) is 4.89. The smallest absolute Gasteiger partial charge is 0.346 e. The van der Waals surface area contributed by atoms with Gasteiger partial charge in [0.05, 0.1) is 39.0 Å². The second-order valence-electron chi connectivity index (χ2n) is 7.11. The molecule has 2 heterocycles. The van der Waals surface area contributed by atoms with E-state index in [-0.39, 0.29) is 12.2 Å². The fourth-order valence-electron chi connectivity index (χ4n) is 3.19. The van der Waals surface area contributed by atoms with E-state index in [1.54, 1.807) is 48.0 Å². The van der Waals surface area contributed by atoms with Crippen molar-refractivity contribution < 1.29 is 18.0 Å². The molecule has 2 aromatic carbocycles. The molecule has 0 saturated carbocycles. The Kier molecular flexibility index (Phi) is 6.18. The van der Waals surface area contributed by atoms with E-state index in [4.69, 9.17) is 23.2 Å². The number of para-hydroxylation sites is 1. The summed E-state index contributed by atoms with van der Waals surface area (Å²) in [6.45, 7) is -0.152. The predicted octanol–water partition coefficient (Wildman–Crippen LogP) is 5.97. The van der Waals surface area contributed by atoms with Gasteiger partial charge in [-0.15, -0.1) is 0 Å². The van der Waals surface area contributed by atoms with Gasteiger partial charge in [-0.05, 0) is 42.5 Å². The molecule has 11 heteroatoms. The summed E-state index contributed by atoms with van der Waals surface area (Å²) in [6.07, 6.45) is -4.55. The summed E-state index contributed by atoms with van der Waals surface area (Å²) in [7, 11) is 1.79. The number of imidazole rings is 1. The van der Waals surface area contributed by atoms with Crippen LogP contribution in [0.1, 0.15) is 21.7 Å². The van der Waals surface area contributed by atoms with Gasteiger partial charge in [-0.3, -0.25) is 4.79 Å². The number of hydrogen-bond acceptors (Lipinski definition) is 4. The fraction of sp³-hybridized carbons (Fsp3) is 0.136. The van der Waals surface area contributed by atoms with Crippen LogP contribution in [0.2, 0.25) is 10.0 Å². The molecule has 6 nitrogen and oxygen atoms in total. The topological polar surface area (TPSA) is 71.8 Å². The lowest BCUT2D eigenvalue weighted by molar-refractivity contribution is -0.141. The van der Waals surface area contributed by atoms with Gasteiger partial charge in [0.15, 0.2) is 0 Å². The zero-order chi connectivity index (χ0) is 23.8. The monoisotopic (exact) mass is 493 g/mol. The molecule has 0 saturated heterocycles. The van der Waals surface area contributed by atoms with Crippen molar-refractivity contribution in [2.75, 3.05) is 5.32 Å². The summed E-state index contributed by atoms with van der Waals surface area (Å²) < 4.78 is 40.2. The number of rotatable bonds is 5. The molecule has 0 bridgehead atoms. The van der Waals surface area contributed by atoms with Crippen LogP contribution in [0.5, 0.6) is 0 Å². The van der Waals surface area contributed by atoms with Crippen molar-refractivity contribution in [1.82, 2.24) is 19.9 Å². The number of nitrogens with one attached hydrogen (secondary N) is 2. The number of benzene rings is 2. The van der Waals surface area contributed by atoms with E-state index < -0.39 is 17.8 Å². The molecule has 0 aliphatic heterocycles.